The SMILES string of the molecule is Cc1noc(C[C@@H]2CCC[C@@H](c3ccc(-n4cc5cc(-c6cc(CCC[C@H](C)N)cc(Cl)c6F)[nH]c5nc4=O)cc3)N2)n1. The summed E-state index contributed by atoms with van der Waals surface area (Å²) in [6.45, 7) is 3.79. The molecule has 4 N–H and O–H groups in total. The van der Waals surface area contributed by atoms with Gasteiger partial charge in [-0.2, -0.15) is 9.97 Å². The lowest BCUT2D eigenvalue weighted by Gasteiger charge is -2.30. The standard InChI is InChI=1S/C32H35ClFN7O2/c1-18(35)5-3-6-20-13-25(30(34)26(33)14-20)28-15-22-17-41(32(42)39-31(22)38-28)24-11-9-21(10-12-24)27-8-4-7-23(37-27)16-29-36-19(2)40-43-29/h9-15,17-18,23,27,37H,3-8,16,35H2,1-2H3,(H,38,39,42)/t18-,23-,27-/m0/s1. The molecule has 0 aliphatic carbocycles. The first-order valence-electron chi connectivity index (χ1n) is 14.8. The van der Waals surface area contributed by atoms with E-state index in [0.717, 1.165) is 49.7 Å². The highest BCUT2D eigenvalue weighted by molar-refractivity contribution is 6.31. The van der Waals surface area contributed by atoms with Crippen LogP contribution in [0.1, 0.15) is 67.9 Å². The molecule has 0 saturated carbocycles. The average molecular weight is 604 g/mol. The number of H-pyrrole nitrogens is 1. The summed E-state index contributed by atoms with van der Waals surface area (Å²) in [6, 6.07) is 13.7. The molecule has 43 heavy (non-hydrogen) atoms. The van der Waals surface area contributed by atoms with Crippen molar-refractivity contribution < 1.29 is 8.91 Å². The number of benzene rings is 2. The monoisotopic (exact) mass is 603 g/mol. The van der Waals surface area contributed by atoms with E-state index in [-0.39, 0.29) is 23.1 Å². The van der Waals surface area contributed by atoms with Crippen molar-refractivity contribution in [2.45, 2.75) is 76.9 Å². The Kier molecular flexibility index (Phi) is 8.43. The van der Waals surface area contributed by atoms with E-state index in [1.807, 2.05) is 38.1 Å². The zero-order valence-corrected chi connectivity index (χ0v) is 25.0. The van der Waals surface area contributed by atoms with Crippen LogP contribution in [0.4, 0.5) is 4.39 Å². The minimum Gasteiger partial charge on any atom is -0.339 e. The third-order valence-corrected chi connectivity index (χ3v) is 8.33. The normalized spacial score (nSPS) is 17.9. The summed E-state index contributed by atoms with van der Waals surface area (Å²) >= 11 is 6.26. The molecule has 0 bridgehead atoms. The number of rotatable bonds is 9. The van der Waals surface area contributed by atoms with Crippen LogP contribution in [0.2, 0.25) is 5.02 Å². The second-order valence-electron chi connectivity index (χ2n) is 11.6. The average Bonchev–Trinajstić information content (AvgIpc) is 3.59. The summed E-state index contributed by atoms with van der Waals surface area (Å²) in [5, 5.41) is 8.35. The van der Waals surface area contributed by atoms with Crippen molar-refractivity contribution in [1.29, 1.82) is 0 Å². The quantitative estimate of drug-likeness (QED) is 0.190. The lowest BCUT2D eigenvalue weighted by molar-refractivity contribution is 0.292. The Bertz CT molecular complexity index is 1790. The number of halogens is 2. The van der Waals surface area contributed by atoms with Crippen molar-refractivity contribution in [2.24, 2.45) is 5.73 Å². The van der Waals surface area contributed by atoms with Gasteiger partial charge in [-0.15, -0.1) is 0 Å². The molecule has 3 aromatic heterocycles. The lowest BCUT2D eigenvalue weighted by Crippen LogP contribution is -2.38. The molecular weight excluding hydrogens is 569 g/mol. The van der Waals surface area contributed by atoms with Gasteiger partial charge in [-0.05, 0) is 93.8 Å². The highest BCUT2D eigenvalue weighted by atomic mass is 35.5. The van der Waals surface area contributed by atoms with Gasteiger partial charge in [0.25, 0.3) is 0 Å². The van der Waals surface area contributed by atoms with Gasteiger partial charge < -0.3 is 20.6 Å². The number of hydrogen-bond acceptors (Lipinski definition) is 7. The number of nitrogens with zero attached hydrogens (tertiary/aromatic N) is 4. The van der Waals surface area contributed by atoms with Gasteiger partial charge in [0.1, 0.15) is 5.65 Å². The third-order valence-electron chi connectivity index (χ3n) is 8.06. The van der Waals surface area contributed by atoms with Gasteiger partial charge in [-0.1, -0.05) is 28.9 Å². The first-order chi connectivity index (χ1) is 20.7. The van der Waals surface area contributed by atoms with Gasteiger partial charge in [-0.25, -0.2) is 9.18 Å². The smallest absolute Gasteiger partial charge is 0.339 e. The van der Waals surface area contributed by atoms with E-state index >= 15 is 4.39 Å². The molecule has 1 aliphatic heterocycles. The van der Waals surface area contributed by atoms with E-state index < -0.39 is 11.5 Å². The van der Waals surface area contributed by atoms with Crippen molar-refractivity contribution >= 4 is 22.6 Å². The van der Waals surface area contributed by atoms with E-state index in [0.29, 0.717) is 46.1 Å². The van der Waals surface area contributed by atoms with Crippen LogP contribution in [0.15, 0.2) is 58.0 Å². The Morgan fingerprint density at radius 2 is 2.00 bits per heavy atom. The molecule has 1 saturated heterocycles. The predicted molar refractivity (Wildman–Crippen MR) is 165 cm³/mol. The van der Waals surface area contributed by atoms with E-state index in [9.17, 15) is 4.79 Å². The first kappa shape index (κ1) is 29.2. The van der Waals surface area contributed by atoms with E-state index in [1.54, 1.807) is 24.4 Å². The van der Waals surface area contributed by atoms with Crippen molar-refractivity contribution in [3.8, 4) is 16.9 Å². The maximum absolute atomic E-state index is 15.1. The van der Waals surface area contributed by atoms with E-state index in [2.05, 4.69) is 25.4 Å². The van der Waals surface area contributed by atoms with Crippen LogP contribution < -0.4 is 16.7 Å². The van der Waals surface area contributed by atoms with Crippen LogP contribution in [0.3, 0.4) is 0 Å². The molecule has 0 unspecified atom stereocenters. The minimum absolute atomic E-state index is 0.0584. The van der Waals surface area contributed by atoms with E-state index in [4.69, 9.17) is 21.9 Å². The highest BCUT2D eigenvalue weighted by Gasteiger charge is 2.24. The Morgan fingerprint density at radius 1 is 1.19 bits per heavy atom. The number of aryl methyl sites for hydroxylation is 2. The van der Waals surface area contributed by atoms with Gasteiger partial charge in [0.2, 0.25) is 5.89 Å². The van der Waals surface area contributed by atoms with Crippen LogP contribution in [0, 0.1) is 12.7 Å². The Balaban J connectivity index is 1.21. The molecule has 5 aromatic rings. The van der Waals surface area contributed by atoms with Gasteiger partial charge >= 0.3 is 5.69 Å². The fourth-order valence-electron chi connectivity index (χ4n) is 5.88. The van der Waals surface area contributed by atoms with Crippen molar-refractivity contribution in [3.63, 3.8) is 0 Å². The molecule has 2 aromatic carbocycles. The Labute approximate surface area is 253 Å². The van der Waals surface area contributed by atoms with Crippen molar-refractivity contribution in [2.75, 3.05) is 0 Å². The Morgan fingerprint density at radius 3 is 2.74 bits per heavy atom. The summed E-state index contributed by atoms with van der Waals surface area (Å²) in [4.78, 5) is 24.7. The summed E-state index contributed by atoms with van der Waals surface area (Å²) in [6.07, 6.45) is 8.07. The number of nitrogens with one attached hydrogen (secondary N) is 2. The summed E-state index contributed by atoms with van der Waals surface area (Å²) in [5.74, 6) is 0.781. The predicted octanol–water partition coefficient (Wildman–Crippen LogP) is 5.96. The molecule has 4 heterocycles. The molecule has 1 fully saturated rings. The number of nitrogens with two attached hydrogens (primary N) is 1. The van der Waals surface area contributed by atoms with Gasteiger partial charge in [0.05, 0.1) is 16.4 Å². The molecule has 0 spiro atoms. The first-order valence-corrected chi connectivity index (χ1v) is 15.1. The molecule has 1 aliphatic rings. The van der Waals surface area contributed by atoms with Crippen LogP contribution in [-0.2, 0) is 12.8 Å². The number of aromatic amines is 1. The topological polar surface area (TPSA) is 128 Å². The molecule has 6 rings (SSSR count). The zero-order valence-electron chi connectivity index (χ0n) is 24.2. The molecule has 11 heteroatoms. The molecule has 0 amide bonds. The number of aromatic nitrogens is 5. The molecule has 224 valence electrons. The van der Waals surface area contributed by atoms with Crippen molar-refractivity contribution in [3.05, 3.63) is 92.8 Å². The molecular formula is C32H35ClFN7O2. The van der Waals surface area contributed by atoms with Gasteiger partial charge in [-0.3, -0.25) is 4.57 Å². The second-order valence-corrected chi connectivity index (χ2v) is 12.0. The zero-order chi connectivity index (χ0) is 30.1. The molecule has 9 nitrogen and oxygen atoms in total. The number of fused-ring (bicyclic) bond motifs is 1. The van der Waals surface area contributed by atoms with E-state index in [1.165, 1.54) is 4.57 Å². The van der Waals surface area contributed by atoms with Crippen LogP contribution in [0.5, 0.6) is 0 Å². The number of hydrogen-bond donors (Lipinski definition) is 3. The van der Waals surface area contributed by atoms with Crippen LogP contribution in [-0.4, -0.2) is 36.8 Å². The van der Waals surface area contributed by atoms with Crippen molar-refractivity contribution in [1.82, 2.24) is 30.0 Å². The summed E-state index contributed by atoms with van der Waals surface area (Å²) in [7, 11) is 0. The second kappa shape index (κ2) is 12.4. The maximum atomic E-state index is 15.1. The lowest BCUT2D eigenvalue weighted by atomic mass is 9.92. The van der Waals surface area contributed by atoms with Gasteiger partial charge in [0.15, 0.2) is 11.6 Å². The van der Waals surface area contributed by atoms with Gasteiger partial charge in [0, 0.05) is 41.7 Å². The molecule has 3 atom stereocenters. The van der Waals surface area contributed by atoms with Crippen LogP contribution in [0.25, 0.3) is 28.0 Å². The molecule has 0 radical (unpaired) electrons. The number of piperidine rings is 1. The maximum Gasteiger partial charge on any atom is 0.354 e. The van der Waals surface area contributed by atoms with Crippen LogP contribution >= 0.6 is 11.6 Å². The fourth-order valence-corrected chi connectivity index (χ4v) is 6.12. The summed E-state index contributed by atoms with van der Waals surface area (Å²) < 4.78 is 21.9. The third kappa shape index (κ3) is 6.56. The highest BCUT2D eigenvalue weighted by Crippen LogP contribution is 2.32. The fraction of sp³-hybridized carbons (Fsp3) is 0.375. The largest absolute Gasteiger partial charge is 0.354 e. The Hall–Kier alpha value is -3.86. The summed E-state index contributed by atoms with van der Waals surface area (Å²) in [5.41, 5.74) is 9.47. The minimum atomic E-state index is -0.513.